The molecule has 9 heteroatoms. The summed E-state index contributed by atoms with van der Waals surface area (Å²) >= 11 is 1.13. The maximum absolute atomic E-state index is 12.4. The second-order valence-corrected chi connectivity index (χ2v) is 7.14. The lowest BCUT2D eigenvalue weighted by Gasteiger charge is -2.07. The molecule has 0 aliphatic rings. The van der Waals surface area contributed by atoms with Crippen molar-refractivity contribution in [2.75, 3.05) is 11.9 Å². The van der Waals surface area contributed by atoms with Crippen LogP contribution in [-0.4, -0.2) is 28.3 Å². The highest BCUT2D eigenvalue weighted by atomic mass is 32.1. The van der Waals surface area contributed by atoms with Crippen LogP contribution < -0.4 is 16.4 Å². The monoisotopic (exact) mass is 401 g/mol. The van der Waals surface area contributed by atoms with E-state index in [1.165, 1.54) is 0 Å². The number of hydrogen-bond donors (Lipinski definition) is 2. The van der Waals surface area contributed by atoms with E-state index in [1.807, 2.05) is 0 Å². The van der Waals surface area contributed by atoms with Gasteiger partial charge in [-0.1, -0.05) is 12.1 Å². The number of benzene rings is 1. The average Bonchev–Trinajstić information content (AvgIpc) is 3.04. The quantitative estimate of drug-likeness (QED) is 0.616. The third kappa shape index (κ3) is 4.04. The molecule has 3 rings (SSSR count). The Morgan fingerprint density at radius 1 is 1.21 bits per heavy atom. The molecule has 0 aliphatic heterocycles. The molecule has 0 saturated heterocycles. The molecule has 0 unspecified atom stereocenters. The average molecular weight is 401 g/mol. The Bertz CT molecular complexity index is 1160. The summed E-state index contributed by atoms with van der Waals surface area (Å²) in [6.07, 6.45) is -0.0140. The Hall–Kier alpha value is -3.20. The van der Waals surface area contributed by atoms with Crippen molar-refractivity contribution in [1.82, 2.24) is 9.78 Å². The Labute approximate surface area is 163 Å². The van der Waals surface area contributed by atoms with E-state index in [9.17, 15) is 19.2 Å². The summed E-state index contributed by atoms with van der Waals surface area (Å²) < 4.78 is 6.11. The number of carbonyl (C=O) groups excluding carboxylic acids is 2. The van der Waals surface area contributed by atoms with Crippen LogP contribution in [0.15, 0.2) is 39.9 Å². The first-order valence-corrected chi connectivity index (χ1v) is 9.51. The molecule has 146 valence electrons. The molecule has 2 N–H and O–H groups in total. The van der Waals surface area contributed by atoms with Gasteiger partial charge in [0.1, 0.15) is 4.88 Å². The zero-order chi connectivity index (χ0) is 20.3. The second kappa shape index (κ2) is 8.22. The van der Waals surface area contributed by atoms with Crippen molar-refractivity contribution in [2.24, 2.45) is 0 Å². The molecular formula is C19H19N3O5S. The number of esters is 1. The standard InChI is InChI=1S/C19H19N3O5S/c1-3-27-19(26)16-11(2)10-15(28-16)20-14(23)8-9-22-18(25)13-7-5-4-6-12(13)17(24)21-22/h4-7,10H,3,8-9H2,1-2H3,(H,20,23)(H,21,24). The van der Waals surface area contributed by atoms with Crippen molar-refractivity contribution in [3.63, 3.8) is 0 Å². The lowest BCUT2D eigenvalue weighted by Crippen LogP contribution is -2.31. The molecule has 28 heavy (non-hydrogen) atoms. The predicted molar refractivity (Wildman–Crippen MR) is 107 cm³/mol. The molecule has 0 bridgehead atoms. The third-order valence-electron chi connectivity index (χ3n) is 4.09. The van der Waals surface area contributed by atoms with E-state index >= 15 is 0 Å². The number of thiophene rings is 1. The summed E-state index contributed by atoms with van der Waals surface area (Å²) in [6, 6.07) is 8.21. The van der Waals surface area contributed by atoms with Crippen molar-refractivity contribution >= 4 is 39.0 Å². The molecule has 2 heterocycles. The third-order valence-corrected chi connectivity index (χ3v) is 5.22. The van der Waals surface area contributed by atoms with E-state index in [2.05, 4.69) is 10.4 Å². The van der Waals surface area contributed by atoms with E-state index in [4.69, 9.17) is 4.74 Å². The van der Waals surface area contributed by atoms with Crippen LogP contribution in [-0.2, 0) is 16.1 Å². The first-order chi connectivity index (χ1) is 13.4. The topological polar surface area (TPSA) is 110 Å². The molecule has 1 amide bonds. The van der Waals surface area contributed by atoms with Crippen LogP contribution in [0.5, 0.6) is 0 Å². The molecule has 0 aliphatic carbocycles. The lowest BCUT2D eigenvalue weighted by molar-refractivity contribution is -0.116. The van der Waals surface area contributed by atoms with E-state index in [-0.39, 0.29) is 36.6 Å². The molecule has 0 saturated carbocycles. The lowest BCUT2D eigenvalue weighted by atomic mass is 10.2. The van der Waals surface area contributed by atoms with Crippen LogP contribution in [0.25, 0.3) is 10.8 Å². The van der Waals surface area contributed by atoms with Gasteiger partial charge in [0.15, 0.2) is 0 Å². The molecule has 0 spiro atoms. The zero-order valence-electron chi connectivity index (χ0n) is 15.4. The maximum atomic E-state index is 12.4. The number of ether oxygens (including phenoxy) is 1. The number of aryl methyl sites for hydroxylation is 2. The number of aromatic amines is 1. The zero-order valence-corrected chi connectivity index (χ0v) is 16.2. The van der Waals surface area contributed by atoms with Crippen molar-refractivity contribution < 1.29 is 14.3 Å². The number of fused-ring (bicyclic) bond motifs is 1. The fraction of sp³-hybridized carbons (Fsp3) is 0.263. The minimum absolute atomic E-state index is 0.0140. The van der Waals surface area contributed by atoms with Crippen LogP contribution in [0.3, 0.4) is 0 Å². The van der Waals surface area contributed by atoms with Gasteiger partial charge in [-0.3, -0.25) is 19.5 Å². The van der Waals surface area contributed by atoms with Crippen LogP contribution in [0, 0.1) is 6.92 Å². The number of anilines is 1. The van der Waals surface area contributed by atoms with Crippen molar-refractivity contribution in [3.05, 3.63) is 61.5 Å². The molecule has 0 fully saturated rings. The van der Waals surface area contributed by atoms with Gasteiger partial charge in [-0.2, -0.15) is 0 Å². The minimum atomic E-state index is -0.425. The number of aromatic nitrogens is 2. The Morgan fingerprint density at radius 2 is 1.93 bits per heavy atom. The minimum Gasteiger partial charge on any atom is -0.462 e. The van der Waals surface area contributed by atoms with Crippen LogP contribution in [0.2, 0.25) is 0 Å². The van der Waals surface area contributed by atoms with E-state index in [0.717, 1.165) is 16.0 Å². The van der Waals surface area contributed by atoms with Crippen LogP contribution >= 0.6 is 11.3 Å². The summed E-state index contributed by atoms with van der Waals surface area (Å²) in [7, 11) is 0. The molecule has 2 aromatic heterocycles. The fourth-order valence-corrected chi connectivity index (χ4v) is 3.74. The second-order valence-electron chi connectivity index (χ2n) is 6.08. The van der Waals surface area contributed by atoms with Crippen molar-refractivity contribution in [2.45, 2.75) is 26.8 Å². The summed E-state index contributed by atoms with van der Waals surface area (Å²) in [4.78, 5) is 49.1. The van der Waals surface area contributed by atoms with Gasteiger partial charge in [0, 0.05) is 6.42 Å². The number of amides is 1. The van der Waals surface area contributed by atoms with Crippen LogP contribution in [0.4, 0.5) is 5.00 Å². The van der Waals surface area contributed by atoms with Crippen molar-refractivity contribution in [3.8, 4) is 0 Å². The highest BCUT2D eigenvalue weighted by Crippen LogP contribution is 2.27. The van der Waals surface area contributed by atoms with Gasteiger partial charge < -0.3 is 10.1 Å². The van der Waals surface area contributed by atoms with Gasteiger partial charge in [0.2, 0.25) is 5.91 Å². The summed E-state index contributed by atoms with van der Waals surface area (Å²) in [6.45, 7) is 3.79. The molecular weight excluding hydrogens is 382 g/mol. The number of hydrogen-bond acceptors (Lipinski definition) is 6. The maximum Gasteiger partial charge on any atom is 0.348 e. The van der Waals surface area contributed by atoms with E-state index in [0.29, 0.717) is 26.2 Å². The number of nitrogens with zero attached hydrogens (tertiary/aromatic N) is 1. The number of rotatable bonds is 6. The number of carbonyl (C=O) groups is 2. The normalized spacial score (nSPS) is 10.8. The van der Waals surface area contributed by atoms with Crippen LogP contribution in [0.1, 0.15) is 28.6 Å². The Balaban J connectivity index is 1.70. The highest BCUT2D eigenvalue weighted by Gasteiger charge is 2.16. The summed E-state index contributed by atoms with van der Waals surface area (Å²) in [5, 5.41) is 6.33. The fourth-order valence-electron chi connectivity index (χ4n) is 2.76. The van der Waals surface area contributed by atoms with Gasteiger partial charge in [-0.25, -0.2) is 9.48 Å². The van der Waals surface area contributed by atoms with Gasteiger partial charge in [-0.05, 0) is 37.6 Å². The van der Waals surface area contributed by atoms with Crippen molar-refractivity contribution in [1.29, 1.82) is 0 Å². The van der Waals surface area contributed by atoms with Gasteiger partial charge in [-0.15, -0.1) is 11.3 Å². The van der Waals surface area contributed by atoms with Gasteiger partial charge in [0.25, 0.3) is 11.1 Å². The summed E-state index contributed by atoms with van der Waals surface area (Å²) in [5.41, 5.74) is -0.0306. The van der Waals surface area contributed by atoms with Gasteiger partial charge >= 0.3 is 5.97 Å². The number of nitrogens with one attached hydrogen (secondary N) is 2. The largest absolute Gasteiger partial charge is 0.462 e. The first-order valence-electron chi connectivity index (χ1n) is 8.70. The summed E-state index contributed by atoms with van der Waals surface area (Å²) in [5.74, 6) is -0.761. The Kier molecular flexibility index (Phi) is 5.74. The SMILES string of the molecule is CCOC(=O)c1sc(NC(=O)CCn2[nH]c(=O)c3ccccc3c2=O)cc1C. The smallest absolute Gasteiger partial charge is 0.348 e. The highest BCUT2D eigenvalue weighted by molar-refractivity contribution is 7.18. The molecule has 3 aromatic rings. The van der Waals surface area contributed by atoms with Gasteiger partial charge in [0.05, 0.1) is 28.9 Å². The molecule has 0 radical (unpaired) electrons. The number of H-pyrrole nitrogens is 1. The van der Waals surface area contributed by atoms with E-state index < -0.39 is 5.97 Å². The first kappa shape index (κ1) is 19.6. The molecule has 0 atom stereocenters. The molecule has 1 aromatic carbocycles. The molecule has 8 nitrogen and oxygen atoms in total. The predicted octanol–water partition coefficient (Wildman–Crippen LogP) is 2.27. The Morgan fingerprint density at radius 3 is 2.64 bits per heavy atom. The van der Waals surface area contributed by atoms with E-state index in [1.54, 1.807) is 44.2 Å².